The maximum Gasteiger partial charge on any atom is 0.187 e. The highest BCUT2D eigenvalue weighted by Gasteiger charge is 2.25. The summed E-state index contributed by atoms with van der Waals surface area (Å²) in [6, 6.07) is 10.5. The van der Waals surface area contributed by atoms with Crippen LogP contribution in [0.4, 0.5) is 0 Å². The van der Waals surface area contributed by atoms with Gasteiger partial charge in [-0.15, -0.1) is 12.4 Å². The highest BCUT2D eigenvalue weighted by Crippen LogP contribution is 2.28. The van der Waals surface area contributed by atoms with Crippen molar-refractivity contribution in [2.24, 2.45) is 0 Å². The number of ketones is 1. The minimum absolute atomic E-state index is 0. The van der Waals surface area contributed by atoms with Gasteiger partial charge in [-0.2, -0.15) is 0 Å². The monoisotopic (exact) mass is 475 g/mol. The lowest BCUT2D eigenvalue weighted by molar-refractivity contribution is -0.113. The Labute approximate surface area is 191 Å². The molecule has 1 fully saturated rings. The highest BCUT2D eigenvalue weighted by molar-refractivity contribution is 6.36. The van der Waals surface area contributed by atoms with E-state index in [1.807, 2.05) is 24.3 Å². The molecule has 0 spiro atoms. The predicted molar refractivity (Wildman–Crippen MR) is 123 cm³/mol. The van der Waals surface area contributed by atoms with Gasteiger partial charge in [-0.3, -0.25) is 9.69 Å². The number of benzene rings is 2. The van der Waals surface area contributed by atoms with E-state index in [9.17, 15) is 4.79 Å². The van der Waals surface area contributed by atoms with Crippen molar-refractivity contribution in [1.82, 2.24) is 4.90 Å². The second-order valence-corrected chi connectivity index (χ2v) is 7.99. The number of Topliss-reactive ketones (excluding diaryl/α,β-unsaturated/α-hetero) is 1. The van der Waals surface area contributed by atoms with E-state index < -0.39 is 0 Å². The molecule has 0 aromatic heterocycles. The average molecular weight is 478 g/mol. The average Bonchev–Trinajstić information content (AvgIpc) is 2.62. The van der Waals surface area contributed by atoms with Gasteiger partial charge >= 0.3 is 0 Å². The van der Waals surface area contributed by atoms with Crippen LogP contribution in [0, 0.1) is 0 Å². The molecule has 1 aliphatic rings. The van der Waals surface area contributed by atoms with Crippen molar-refractivity contribution in [3.05, 3.63) is 78.8 Å². The van der Waals surface area contributed by atoms with Crippen LogP contribution in [0.15, 0.2) is 47.5 Å². The van der Waals surface area contributed by atoms with Gasteiger partial charge in [-0.05, 0) is 54.1 Å². The molecule has 28 heavy (non-hydrogen) atoms. The summed E-state index contributed by atoms with van der Waals surface area (Å²) in [6.07, 6.45) is 3.67. The van der Waals surface area contributed by atoms with Gasteiger partial charge in [-0.25, -0.2) is 0 Å². The molecule has 0 unspecified atom stereocenters. The lowest BCUT2D eigenvalue weighted by atomic mass is 9.94. The Balaban J connectivity index is 0.00000280. The van der Waals surface area contributed by atoms with Gasteiger partial charge in [0.15, 0.2) is 5.78 Å². The lowest BCUT2D eigenvalue weighted by Gasteiger charge is -2.28. The molecule has 7 heteroatoms. The van der Waals surface area contributed by atoms with Crippen molar-refractivity contribution in [2.75, 3.05) is 19.6 Å². The van der Waals surface area contributed by atoms with E-state index in [0.29, 0.717) is 44.3 Å². The molecule has 2 aromatic carbocycles. The fourth-order valence-corrected chi connectivity index (χ4v) is 3.87. The van der Waals surface area contributed by atoms with E-state index in [1.54, 1.807) is 24.3 Å². The fourth-order valence-electron chi connectivity index (χ4n) is 2.95. The largest absolute Gasteiger partial charge is 0.295 e. The molecule has 3 rings (SSSR count). The molecule has 2 nitrogen and oxygen atoms in total. The Morgan fingerprint density at radius 3 is 1.64 bits per heavy atom. The Morgan fingerprint density at radius 2 is 1.29 bits per heavy atom. The van der Waals surface area contributed by atoms with E-state index in [1.165, 1.54) is 0 Å². The molecule has 0 radical (unpaired) electrons. The third-order valence-corrected chi connectivity index (χ3v) is 5.53. The first-order chi connectivity index (χ1) is 12.9. The van der Waals surface area contributed by atoms with Crippen molar-refractivity contribution >= 4 is 76.7 Å². The molecule has 0 saturated carbocycles. The van der Waals surface area contributed by atoms with Crippen molar-refractivity contribution < 1.29 is 4.79 Å². The number of hydrogen-bond acceptors (Lipinski definition) is 2. The molecule has 1 saturated heterocycles. The standard InChI is InChI=1S/C21H17Cl4NO.ClH/c1-2-26-11-15(7-13-3-5-17(22)9-19(13)24)21(27)16(12-26)8-14-4-6-18(23)10-20(14)25;/h3-10H,2,11-12H2,1H3;1H. The van der Waals surface area contributed by atoms with Gasteiger partial charge < -0.3 is 0 Å². The summed E-state index contributed by atoms with van der Waals surface area (Å²) in [5, 5.41) is 2.15. The fraction of sp³-hybridized carbons (Fsp3) is 0.190. The second-order valence-electron chi connectivity index (χ2n) is 6.30. The van der Waals surface area contributed by atoms with Gasteiger partial charge in [0.05, 0.1) is 0 Å². The minimum atomic E-state index is -0.00302. The molecule has 148 valence electrons. The van der Waals surface area contributed by atoms with E-state index in [0.717, 1.165) is 17.7 Å². The van der Waals surface area contributed by atoms with Gasteiger partial charge in [0.2, 0.25) is 0 Å². The zero-order valence-corrected chi connectivity index (χ0v) is 18.9. The Kier molecular flexibility index (Phi) is 8.44. The summed E-state index contributed by atoms with van der Waals surface area (Å²) in [4.78, 5) is 15.2. The molecule has 1 aliphatic heterocycles. The summed E-state index contributed by atoms with van der Waals surface area (Å²) < 4.78 is 0. The number of halogens is 5. The summed E-state index contributed by atoms with van der Waals surface area (Å²) in [7, 11) is 0. The van der Waals surface area contributed by atoms with Crippen molar-refractivity contribution in [2.45, 2.75) is 6.92 Å². The van der Waals surface area contributed by atoms with E-state index in [-0.39, 0.29) is 18.2 Å². The van der Waals surface area contributed by atoms with Gasteiger partial charge in [-0.1, -0.05) is 65.5 Å². The molecule has 0 amide bonds. The number of likely N-dealkylation sites (tertiary alicyclic amines) is 1. The second kappa shape index (κ2) is 10.2. The van der Waals surface area contributed by atoms with Crippen LogP contribution in [0.3, 0.4) is 0 Å². The lowest BCUT2D eigenvalue weighted by Crippen LogP contribution is -2.37. The maximum atomic E-state index is 13.1. The first-order valence-electron chi connectivity index (χ1n) is 8.45. The molecule has 0 bridgehead atoms. The Hall–Kier alpha value is -1.000. The summed E-state index contributed by atoms with van der Waals surface area (Å²) in [5.41, 5.74) is 2.91. The van der Waals surface area contributed by atoms with Crippen LogP contribution in [0.2, 0.25) is 20.1 Å². The first kappa shape index (κ1) is 23.3. The van der Waals surface area contributed by atoms with Crippen LogP contribution in [0.5, 0.6) is 0 Å². The topological polar surface area (TPSA) is 20.3 Å². The predicted octanol–water partition coefficient (Wildman–Crippen LogP) is 7.09. The number of carbonyl (C=O) groups is 1. The molecule has 0 atom stereocenters. The number of hydrogen-bond donors (Lipinski definition) is 0. The van der Waals surface area contributed by atoms with Crippen LogP contribution >= 0.6 is 58.8 Å². The SMILES string of the molecule is CCN1CC(=Cc2ccc(Cl)cc2Cl)C(=O)C(=Cc2ccc(Cl)cc2Cl)C1.Cl. The molecule has 2 aromatic rings. The van der Waals surface area contributed by atoms with E-state index >= 15 is 0 Å². The molecule has 0 aliphatic carbocycles. The Bertz CT molecular complexity index is 878. The first-order valence-corrected chi connectivity index (χ1v) is 9.97. The summed E-state index contributed by atoms with van der Waals surface area (Å²) in [5.74, 6) is -0.00302. The number of rotatable bonds is 3. The quantitative estimate of drug-likeness (QED) is 0.440. The number of piperidine rings is 1. The maximum absolute atomic E-state index is 13.1. The van der Waals surface area contributed by atoms with Crippen molar-refractivity contribution in [1.29, 1.82) is 0 Å². The van der Waals surface area contributed by atoms with Crippen LogP contribution in [-0.4, -0.2) is 30.3 Å². The molecular weight excluding hydrogens is 460 g/mol. The minimum Gasteiger partial charge on any atom is -0.295 e. The normalized spacial score (nSPS) is 17.8. The smallest absolute Gasteiger partial charge is 0.187 e. The van der Waals surface area contributed by atoms with E-state index in [2.05, 4.69) is 11.8 Å². The van der Waals surface area contributed by atoms with Crippen LogP contribution in [0.25, 0.3) is 12.2 Å². The van der Waals surface area contributed by atoms with Gasteiger partial charge in [0.1, 0.15) is 0 Å². The zero-order valence-electron chi connectivity index (χ0n) is 15.0. The summed E-state index contributed by atoms with van der Waals surface area (Å²) >= 11 is 24.5. The van der Waals surface area contributed by atoms with Gasteiger partial charge in [0, 0.05) is 44.3 Å². The summed E-state index contributed by atoms with van der Waals surface area (Å²) in [6.45, 7) is 4.03. The van der Waals surface area contributed by atoms with Crippen molar-refractivity contribution in [3.63, 3.8) is 0 Å². The van der Waals surface area contributed by atoms with Gasteiger partial charge in [0.25, 0.3) is 0 Å². The number of likely N-dealkylation sites (N-methyl/N-ethyl adjacent to an activating group) is 1. The van der Waals surface area contributed by atoms with E-state index in [4.69, 9.17) is 46.4 Å². The van der Waals surface area contributed by atoms with Crippen molar-refractivity contribution in [3.8, 4) is 0 Å². The number of nitrogens with zero attached hydrogens (tertiary/aromatic N) is 1. The molecule has 1 heterocycles. The van der Waals surface area contributed by atoms with Crippen LogP contribution in [0.1, 0.15) is 18.1 Å². The zero-order chi connectivity index (χ0) is 19.6. The number of carbonyl (C=O) groups excluding carboxylic acids is 1. The molecular formula is C21H18Cl5NO. The third-order valence-electron chi connectivity index (χ3n) is 4.40. The third kappa shape index (κ3) is 5.54. The Morgan fingerprint density at radius 1 is 0.857 bits per heavy atom. The highest BCUT2D eigenvalue weighted by atomic mass is 35.5. The molecule has 0 N–H and O–H groups in total. The van der Waals surface area contributed by atoms with Crippen LogP contribution < -0.4 is 0 Å². The van der Waals surface area contributed by atoms with Crippen LogP contribution in [-0.2, 0) is 4.79 Å².